The van der Waals surface area contributed by atoms with Crippen LogP contribution in [0.3, 0.4) is 0 Å². The van der Waals surface area contributed by atoms with Gasteiger partial charge in [-0.2, -0.15) is 0 Å². The van der Waals surface area contributed by atoms with Crippen LogP contribution in [0, 0.1) is 13.8 Å². The number of thioether (sulfide) groups is 1. The Balaban J connectivity index is 1.60. The van der Waals surface area contributed by atoms with Crippen LogP contribution in [0.25, 0.3) is 26.9 Å². The summed E-state index contributed by atoms with van der Waals surface area (Å²) in [7, 11) is 0. The van der Waals surface area contributed by atoms with Gasteiger partial charge in [-0.05, 0) is 38.0 Å². The first kappa shape index (κ1) is 20.0. The maximum absolute atomic E-state index is 12.9. The smallest absolute Gasteiger partial charge is 0.262 e. The Morgan fingerprint density at radius 1 is 1.16 bits per heavy atom. The number of nitrogens with one attached hydrogen (secondary N) is 1. The molecule has 0 spiro atoms. The Kier molecular flexibility index (Phi) is 4.90. The highest BCUT2D eigenvalue weighted by Gasteiger charge is 2.17. The topological polar surface area (TPSA) is 97.9 Å². The summed E-state index contributed by atoms with van der Waals surface area (Å²) < 4.78 is 3.58. The monoisotopic (exact) mass is 452 g/mol. The molecule has 0 aliphatic rings. The SMILES string of the molecule is CCCn1c(=O)c2ccccc2n2c(SCc3nc4sc(C)c(C)c4c(=O)[nH]3)nnc12. The number of fused-ring (bicyclic) bond motifs is 4. The van der Waals surface area contributed by atoms with Gasteiger partial charge in [0.1, 0.15) is 10.7 Å². The summed E-state index contributed by atoms with van der Waals surface area (Å²) in [5, 5.41) is 10.6. The van der Waals surface area contributed by atoms with Gasteiger partial charge in [-0.25, -0.2) is 4.98 Å². The number of nitrogens with zero attached hydrogens (tertiary/aromatic N) is 5. The van der Waals surface area contributed by atoms with E-state index in [0.717, 1.165) is 27.2 Å². The molecule has 0 radical (unpaired) electrons. The van der Waals surface area contributed by atoms with Crippen LogP contribution >= 0.6 is 23.1 Å². The first-order valence-electron chi connectivity index (χ1n) is 9.98. The summed E-state index contributed by atoms with van der Waals surface area (Å²) in [5.74, 6) is 1.55. The zero-order valence-corrected chi connectivity index (χ0v) is 18.9. The van der Waals surface area contributed by atoms with Crippen LogP contribution in [0.2, 0.25) is 0 Å². The molecule has 0 unspecified atom stereocenters. The number of hydrogen-bond acceptors (Lipinski definition) is 7. The zero-order valence-electron chi connectivity index (χ0n) is 17.3. The van der Waals surface area contributed by atoms with E-state index >= 15 is 0 Å². The lowest BCUT2D eigenvalue weighted by Crippen LogP contribution is -2.23. The Labute approximate surface area is 185 Å². The van der Waals surface area contributed by atoms with Crippen molar-refractivity contribution in [1.82, 2.24) is 29.1 Å². The van der Waals surface area contributed by atoms with Crippen molar-refractivity contribution < 1.29 is 0 Å². The summed E-state index contributed by atoms with van der Waals surface area (Å²) in [5.41, 5.74) is 1.57. The van der Waals surface area contributed by atoms with Crippen molar-refractivity contribution >= 4 is 50.0 Å². The molecule has 0 fully saturated rings. The van der Waals surface area contributed by atoms with Gasteiger partial charge < -0.3 is 4.98 Å². The molecule has 8 nitrogen and oxygen atoms in total. The van der Waals surface area contributed by atoms with Crippen LogP contribution < -0.4 is 11.1 Å². The predicted molar refractivity (Wildman–Crippen MR) is 124 cm³/mol. The molecule has 31 heavy (non-hydrogen) atoms. The number of aromatic nitrogens is 6. The molecular weight excluding hydrogens is 432 g/mol. The lowest BCUT2D eigenvalue weighted by atomic mass is 10.2. The van der Waals surface area contributed by atoms with Gasteiger partial charge in [0.25, 0.3) is 11.1 Å². The van der Waals surface area contributed by atoms with Crippen LogP contribution in [-0.2, 0) is 12.3 Å². The summed E-state index contributed by atoms with van der Waals surface area (Å²) >= 11 is 2.96. The van der Waals surface area contributed by atoms with E-state index in [2.05, 4.69) is 20.2 Å². The van der Waals surface area contributed by atoms with Gasteiger partial charge in [-0.3, -0.25) is 18.6 Å². The van der Waals surface area contributed by atoms with Crippen LogP contribution in [0.15, 0.2) is 39.0 Å². The first-order chi connectivity index (χ1) is 15.0. The number of rotatable bonds is 5. The van der Waals surface area contributed by atoms with Crippen molar-refractivity contribution in [2.45, 2.75) is 44.6 Å². The number of aryl methyl sites for hydroxylation is 3. The Hall–Kier alpha value is -2.98. The molecule has 158 valence electrons. The van der Waals surface area contributed by atoms with Gasteiger partial charge >= 0.3 is 0 Å². The molecule has 4 aromatic heterocycles. The second-order valence-electron chi connectivity index (χ2n) is 7.36. The van der Waals surface area contributed by atoms with Crippen molar-refractivity contribution in [2.75, 3.05) is 0 Å². The molecule has 0 atom stereocenters. The van der Waals surface area contributed by atoms with Crippen LogP contribution in [0.4, 0.5) is 0 Å². The normalized spacial score (nSPS) is 11.8. The largest absolute Gasteiger partial charge is 0.309 e. The maximum Gasteiger partial charge on any atom is 0.262 e. The molecule has 0 saturated heterocycles. The third-order valence-corrected chi connectivity index (χ3v) is 7.39. The van der Waals surface area contributed by atoms with Crippen LogP contribution in [0.5, 0.6) is 0 Å². The van der Waals surface area contributed by atoms with Gasteiger partial charge in [-0.1, -0.05) is 30.8 Å². The number of thiophene rings is 1. The number of aromatic amines is 1. The molecule has 4 heterocycles. The van der Waals surface area contributed by atoms with E-state index in [-0.39, 0.29) is 11.1 Å². The summed E-state index contributed by atoms with van der Waals surface area (Å²) in [6, 6.07) is 7.48. The minimum Gasteiger partial charge on any atom is -0.309 e. The molecule has 1 aromatic carbocycles. The summed E-state index contributed by atoms with van der Waals surface area (Å²) in [6.45, 7) is 6.54. The quantitative estimate of drug-likeness (QED) is 0.409. The van der Waals surface area contributed by atoms with Gasteiger partial charge in [0.05, 0.1) is 22.0 Å². The molecule has 5 aromatic rings. The molecule has 10 heteroatoms. The van der Waals surface area contributed by atoms with E-state index in [0.29, 0.717) is 39.8 Å². The fourth-order valence-corrected chi connectivity index (χ4v) is 5.61. The van der Waals surface area contributed by atoms with Crippen LogP contribution in [-0.4, -0.2) is 29.1 Å². The maximum atomic E-state index is 12.9. The van der Waals surface area contributed by atoms with Gasteiger partial charge in [0.2, 0.25) is 5.78 Å². The van der Waals surface area contributed by atoms with Gasteiger partial charge in [-0.15, -0.1) is 21.5 Å². The van der Waals surface area contributed by atoms with E-state index in [1.54, 1.807) is 4.57 Å². The number of benzene rings is 1. The molecule has 0 saturated carbocycles. The first-order valence-corrected chi connectivity index (χ1v) is 11.8. The second kappa shape index (κ2) is 7.61. The van der Waals surface area contributed by atoms with E-state index in [9.17, 15) is 9.59 Å². The molecule has 5 rings (SSSR count). The highest BCUT2D eigenvalue weighted by atomic mass is 32.2. The number of H-pyrrole nitrogens is 1. The van der Waals surface area contributed by atoms with Crippen molar-refractivity contribution in [1.29, 1.82) is 0 Å². The number of para-hydroxylation sites is 1. The Bertz CT molecular complexity index is 1580. The lowest BCUT2D eigenvalue weighted by molar-refractivity contribution is 0.662. The number of hydrogen-bond donors (Lipinski definition) is 1. The average molecular weight is 453 g/mol. The highest BCUT2D eigenvalue weighted by Crippen LogP contribution is 2.27. The molecule has 0 aliphatic heterocycles. The minimum atomic E-state index is -0.115. The standard InChI is InChI=1S/C21H20N6O2S2/c1-4-9-26-19(29)13-7-5-6-8-14(13)27-20(26)24-25-21(27)30-10-15-22-17(28)16-11(2)12(3)31-18(16)23-15/h5-8H,4,9-10H2,1-3H3,(H,22,23,28). The van der Waals surface area contributed by atoms with Crippen molar-refractivity contribution in [3.05, 3.63) is 61.2 Å². The Morgan fingerprint density at radius 2 is 1.97 bits per heavy atom. The minimum absolute atomic E-state index is 0.0613. The van der Waals surface area contributed by atoms with Gasteiger partial charge in [0, 0.05) is 11.4 Å². The van der Waals surface area contributed by atoms with Crippen LogP contribution in [0.1, 0.15) is 29.6 Å². The van der Waals surface area contributed by atoms with E-state index < -0.39 is 0 Å². The van der Waals surface area contributed by atoms with E-state index in [1.807, 2.05) is 49.4 Å². The molecule has 0 amide bonds. The average Bonchev–Trinajstić information content (AvgIpc) is 3.30. The third kappa shape index (κ3) is 3.17. The summed E-state index contributed by atoms with van der Waals surface area (Å²) in [4.78, 5) is 34.9. The molecule has 0 bridgehead atoms. The molecular formula is C21H20N6O2S2. The highest BCUT2D eigenvalue weighted by molar-refractivity contribution is 7.98. The van der Waals surface area contributed by atoms with Crippen molar-refractivity contribution in [2.24, 2.45) is 0 Å². The predicted octanol–water partition coefficient (Wildman–Crippen LogP) is 3.66. The molecule has 1 N–H and O–H groups in total. The molecule has 0 aliphatic carbocycles. The fourth-order valence-electron chi connectivity index (χ4n) is 3.75. The van der Waals surface area contributed by atoms with Gasteiger partial charge in [0.15, 0.2) is 5.16 Å². The third-order valence-electron chi connectivity index (χ3n) is 5.35. The van der Waals surface area contributed by atoms with E-state index in [4.69, 9.17) is 0 Å². The van der Waals surface area contributed by atoms with Crippen molar-refractivity contribution in [3.8, 4) is 0 Å². The summed E-state index contributed by atoms with van der Waals surface area (Å²) in [6.07, 6.45) is 0.814. The van der Waals surface area contributed by atoms with Crippen molar-refractivity contribution in [3.63, 3.8) is 0 Å². The second-order valence-corrected chi connectivity index (χ2v) is 9.50. The zero-order chi connectivity index (χ0) is 21.7. The lowest BCUT2D eigenvalue weighted by Gasteiger charge is -2.10. The Morgan fingerprint density at radius 3 is 2.77 bits per heavy atom. The van der Waals surface area contributed by atoms with E-state index in [1.165, 1.54) is 23.1 Å². The fraction of sp³-hybridized carbons (Fsp3) is 0.286.